The van der Waals surface area contributed by atoms with Gasteiger partial charge in [0, 0.05) is 6.42 Å². The van der Waals surface area contributed by atoms with Crippen molar-refractivity contribution >= 4 is 15.8 Å². The maximum atomic E-state index is 10.8. The average Bonchev–Trinajstić information content (AvgIpc) is 1.82. The maximum Gasteiger partial charge on any atom is 0.209 e. The molecule has 0 amide bonds. The van der Waals surface area contributed by atoms with Crippen molar-refractivity contribution < 1.29 is 13.2 Å². The monoisotopic (exact) mass is 189 g/mol. The Morgan fingerprint density at radius 2 is 2.25 bits per heavy atom. The fraction of sp³-hybridized carbons (Fsp3) is 0.571. The minimum Gasteiger partial charge on any atom is -0.295 e. The van der Waals surface area contributed by atoms with Gasteiger partial charge in [0.2, 0.25) is 10.0 Å². The molecule has 0 aromatic carbocycles. The lowest BCUT2D eigenvalue weighted by molar-refractivity contribution is -0.115. The van der Waals surface area contributed by atoms with E-state index < -0.39 is 10.0 Å². The molecule has 0 saturated heterocycles. The van der Waals surface area contributed by atoms with Gasteiger partial charge in [-0.05, 0) is 18.4 Å². The lowest BCUT2D eigenvalue weighted by Crippen LogP contribution is -2.25. The second-order valence-corrected chi connectivity index (χ2v) is 4.66. The summed E-state index contributed by atoms with van der Waals surface area (Å²) in [4.78, 5) is 10.8. The number of allylic oxidation sites excluding steroid dienone is 2. The molecule has 1 atom stereocenters. The number of primary sulfonamides is 1. The van der Waals surface area contributed by atoms with Crippen molar-refractivity contribution in [3.05, 3.63) is 12.2 Å². The molecule has 0 spiro atoms. The largest absolute Gasteiger partial charge is 0.295 e. The Labute approximate surface area is 71.5 Å². The Morgan fingerprint density at radius 1 is 1.58 bits per heavy atom. The number of sulfonamides is 1. The standard InChI is InChI=1S/C7H11NO3S/c8-12(10,11)5-6-2-1-3-7(9)4-6/h1,3,6H,2,4-5H2,(H2,8,10,11). The van der Waals surface area contributed by atoms with Gasteiger partial charge in [0.25, 0.3) is 0 Å². The van der Waals surface area contributed by atoms with Crippen LogP contribution >= 0.6 is 0 Å². The summed E-state index contributed by atoms with van der Waals surface area (Å²) in [6.45, 7) is 0. The summed E-state index contributed by atoms with van der Waals surface area (Å²) in [5, 5.41) is 4.85. The first-order chi connectivity index (χ1) is 5.47. The molecule has 1 aliphatic carbocycles. The Hall–Kier alpha value is -0.680. The van der Waals surface area contributed by atoms with Gasteiger partial charge < -0.3 is 0 Å². The van der Waals surface area contributed by atoms with E-state index >= 15 is 0 Å². The minimum atomic E-state index is -3.43. The summed E-state index contributed by atoms with van der Waals surface area (Å²) in [7, 11) is -3.43. The topological polar surface area (TPSA) is 77.2 Å². The smallest absolute Gasteiger partial charge is 0.209 e. The van der Waals surface area contributed by atoms with E-state index in [9.17, 15) is 13.2 Å². The van der Waals surface area contributed by atoms with Gasteiger partial charge in [0.1, 0.15) is 0 Å². The molecular weight excluding hydrogens is 178 g/mol. The predicted molar refractivity (Wildman–Crippen MR) is 44.8 cm³/mol. The summed E-state index contributed by atoms with van der Waals surface area (Å²) < 4.78 is 21.3. The van der Waals surface area contributed by atoms with Crippen LogP contribution in [0.3, 0.4) is 0 Å². The van der Waals surface area contributed by atoms with E-state index in [1.54, 1.807) is 6.08 Å². The molecule has 4 nitrogen and oxygen atoms in total. The normalized spacial score (nSPS) is 24.4. The van der Waals surface area contributed by atoms with Crippen molar-refractivity contribution in [2.75, 3.05) is 5.75 Å². The molecule has 0 heterocycles. The van der Waals surface area contributed by atoms with E-state index in [2.05, 4.69) is 0 Å². The summed E-state index contributed by atoms with van der Waals surface area (Å²) >= 11 is 0. The van der Waals surface area contributed by atoms with Crippen molar-refractivity contribution in [3.63, 3.8) is 0 Å². The summed E-state index contributed by atoms with van der Waals surface area (Å²) in [6.07, 6.45) is 4.11. The molecule has 0 saturated carbocycles. The highest BCUT2D eigenvalue weighted by Crippen LogP contribution is 2.16. The van der Waals surface area contributed by atoms with E-state index in [0.29, 0.717) is 12.8 Å². The summed E-state index contributed by atoms with van der Waals surface area (Å²) in [5.74, 6) is -0.240. The zero-order valence-corrected chi connectivity index (χ0v) is 7.38. The minimum absolute atomic E-state index is 0.0186. The third-order valence-corrected chi connectivity index (χ3v) is 2.67. The average molecular weight is 189 g/mol. The van der Waals surface area contributed by atoms with Crippen LogP contribution in [0.5, 0.6) is 0 Å². The molecule has 0 bridgehead atoms. The number of nitrogens with two attached hydrogens (primary N) is 1. The molecule has 1 aliphatic rings. The molecule has 68 valence electrons. The molecule has 0 aliphatic heterocycles. The van der Waals surface area contributed by atoms with Gasteiger partial charge in [0.05, 0.1) is 5.75 Å². The summed E-state index contributed by atoms with van der Waals surface area (Å²) in [6, 6.07) is 0. The third-order valence-electron chi connectivity index (χ3n) is 1.73. The van der Waals surface area contributed by atoms with Gasteiger partial charge in [-0.1, -0.05) is 6.08 Å². The molecular formula is C7H11NO3S. The van der Waals surface area contributed by atoms with Crippen molar-refractivity contribution in [3.8, 4) is 0 Å². The predicted octanol–water partition coefficient (Wildman–Crippen LogP) is -0.190. The van der Waals surface area contributed by atoms with Gasteiger partial charge >= 0.3 is 0 Å². The van der Waals surface area contributed by atoms with Crippen molar-refractivity contribution in [2.24, 2.45) is 11.1 Å². The number of ketones is 1. The first-order valence-electron chi connectivity index (χ1n) is 3.67. The van der Waals surface area contributed by atoms with E-state index in [4.69, 9.17) is 5.14 Å². The fourth-order valence-corrected chi connectivity index (χ4v) is 2.19. The second-order valence-electron chi connectivity index (χ2n) is 3.00. The van der Waals surface area contributed by atoms with Crippen LogP contribution in [0, 0.1) is 5.92 Å². The van der Waals surface area contributed by atoms with Crippen LogP contribution in [0.1, 0.15) is 12.8 Å². The molecule has 0 fully saturated rings. The Morgan fingerprint density at radius 3 is 2.75 bits per heavy atom. The van der Waals surface area contributed by atoms with E-state index in [1.165, 1.54) is 6.08 Å². The molecule has 5 heteroatoms. The Balaban J connectivity index is 2.57. The molecule has 0 radical (unpaired) electrons. The van der Waals surface area contributed by atoms with Crippen LogP contribution in [0.2, 0.25) is 0 Å². The highest BCUT2D eigenvalue weighted by atomic mass is 32.2. The van der Waals surface area contributed by atoms with Crippen molar-refractivity contribution in [1.82, 2.24) is 0 Å². The van der Waals surface area contributed by atoms with Crippen LogP contribution < -0.4 is 5.14 Å². The number of carbonyl (C=O) groups excluding carboxylic acids is 1. The number of carbonyl (C=O) groups is 1. The second kappa shape index (κ2) is 3.37. The molecule has 2 N–H and O–H groups in total. The first kappa shape index (κ1) is 9.41. The van der Waals surface area contributed by atoms with Gasteiger partial charge in [-0.15, -0.1) is 0 Å². The van der Waals surface area contributed by atoms with E-state index in [-0.39, 0.29) is 17.5 Å². The van der Waals surface area contributed by atoms with Crippen molar-refractivity contribution in [1.29, 1.82) is 0 Å². The van der Waals surface area contributed by atoms with E-state index in [0.717, 1.165) is 0 Å². The first-order valence-corrected chi connectivity index (χ1v) is 5.39. The molecule has 12 heavy (non-hydrogen) atoms. The van der Waals surface area contributed by atoms with Crippen LogP contribution in [0.15, 0.2) is 12.2 Å². The molecule has 1 rings (SSSR count). The van der Waals surface area contributed by atoms with Gasteiger partial charge in [-0.2, -0.15) is 0 Å². The maximum absolute atomic E-state index is 10.8. The van der Waals surface area contributed by atoms with E-state index in [1.807, 2.05) is 0 Å². The van der Waals surface area contributed by atoms with Crippen LogP contribution in [-0.2, 0) is 14.8 Å². The van der Waals surface area contributed by atoms with Gasteiger partial charge in [0.15, 0.2) is 5.78 Å². The number of hydrogen-bond acceptors (Lipinski definition) is 3. The van der Waals surface area contributed by atoms with Crippen LogP contribution in [-0.4, -0.2) is 20.0 Å². The molecule has 1 unspecified atom stereocenters. The Kier molecular flexibility index (Phi) is 2.64. The summed E-state index contributed by atoms with van der Waals surface area (Å²) in [5.41, 5.74) is 0. The van der Waals surface area contributed by atoms with Crippen LogP contribution in [0.25, 0.3) is 0 Å². The van der Waals surface area contributed by atoms with Gasteiger partial charge in [-0.25, -0.2) is 13.6 Å². The zero-order valence-electron chi connectivity index (χ0n) is 6.56. The van der Waals surface area contributed by atoms with Crippen molar-refractivity contribution in [2.45, 2.75) is 12.8 Å². The quantitative estimate of drug-likeness (QED) is 0.654. The Bertz CT molecular complexity index is 305. The lowest BCUT2D eigenvalue weighted by atomic mass is 9.95. The fourth-order valence-electron chi connectivity index (χ4n) is 1.28. The highest BCUT2D eigenvalue weighted by molar-refractivity contribution is 7.89. The SMILES string of the molecule is NS(=O)(=O)CC1CC=CC(=O)C1. The number of hydrogen-bond donors (Lipinski definition) is 1. The van der Waals surface area contributed by atoms with Crippen LogP contribution in [0.4, 0.5) is 0 Å². The van der Waals surface area contributed by atoms with Gasteiger partial charge in [-0.3, -0.25) is 4.79 Å². The lowest BCUT2D eigenvalue weighted by Gasteiger charge is -2.14. The third kappa shape index (κ3) is 3.15. The number of rotatable bonds is 2. The zero-order chi connectivity index (χ0) is 9.19. The highest BCUT2D eigenvalue weighted by Gasteiger charge is 2.19. The molecule has 0 aromatic rings. The molecule has 0 aromatic heterocycles.